The van der Waals surface area contributed by atoms with Crippen molar-refractivity contribution in [2.24, 2.45) is 0 Å². The fraction of sp³-hybridized carbons (Fsp3) is 0.105. The Bertz CT molecular complexity index is 1180. The lowest BCUT2D eigenvalue weighted by atomic mass is 9.92. The Morgan fingerprint density at radius 3 is 2.59 bits per heavy atom. The third kappa shape index (κ3) is 2.42. The molecule has 5 rings (SSSR count). The lowest BCUT2D eigenvalue weighted by molar-refractivity contribution is 0.567. The molecule has 0 amide bonds. The highest BCUT2D eigenvalue weighted by molar-refractivity contribution is 5.75. The van der Waals surface area contributed by atoms with Gasteiger partial charge in [-0.05, 0) is 22.9 Å². The van der Waals surface area contributed by atoms with Crippen molar-refractivity contribution in [2.75, 3.05) is 5.32 Å². The molecule has 0 saturated heterocycles. The summed E-state index contributed by atoms with van der Waals surface area (Å²) in [7, 11) is 0. The minimum absolute atomic E-state index is 0.309. The third-order valence-corrected chi connectivity index (χ3v) is 4.71. The number of nitrogens with one attached hydrogen (secondary N) is 2. The maximum absolute atomic E-state index is 12.6. The number of benzene rings is 2. The number of fused-ring (bicyclic) bond motifs is 2. The molecule has 132 valence electrons. The van der Waals surface area contributed by atoms with E-state index in [2.05, 4.69) is 31.0 Å². The van der Waals surface area contributed by atoms with Crippen molar-refractivity contribution in [3.8, 4) is 11.3 Å². The summed E-state index contributed by atoms with van der Waals surface area (Å²) in [6.07, 6.45) is 0. The number of H-pyrrole nitrogens is 1. The highest BCUT2D eigenvalue weighted by Crippen LogP contribution is 2.40. The Balaban J connectivity index is 1.82. The van der Waals surface area contributed by atoms with E-state index in [-0.39, 0.29) is 11.6 Å². The molecule has 3 heterocycles. The zero-order valence-corrected chi connectivity index (χ0v) is 14.4. The van der Waals surface area contributed by atoms with Crippen LogP contribution in [0.2, 0.25) is 0 Å². The fourth-order valence-corrected chi connectivity index (χ4v) is 3.41. The number of aromatic amines is 1. The molecule has 8 nitrogen and oxygen atoms in total. The zero-order chi connectivity index (χ0) is 18.4. The number of hydrogen-bond acceptors (Lipinski definition) is 6. The molecule has 1 atom stereocenters. The molecule has 0 radical (unpaired) electrons. The normalized spacial score (nSPS) is 14.9. The molecule has 0 unspecified atom stereocenters. The molecule has 1 aliphatic heterocycles. The molecule has 0 fully saturated rings. The largest absolute Gasteiger partial charge is 0.318 e. The second-order valence-electron chi connectivity index (χ2n) is 6.44. The van der Waals surface area contributed by atoms with Crippen LogP contribution in [0.15, 0.2) is 59.4 Å². The topological polar surface area (TPSA) is 101 Å². The van der Waals surface area contributed by atoms with Gasteiger partial charge in [0.15, 0.2) is 0 Å². The predicted octanol–water partition coefficient (Wildman–Crippen LogP) is 2.43. The van der Waals surface area contributed by atoms with Gasteiger partial charge in [-0.1, -0.05) is 65.3 Å². The molecule has 8 heteroatoms. The van der Waals surface area contributed by atoms with Gasteiger partial charge in [0, 0.05) is 11.1 Å². The fourth-order valence-electron chi connectivity index (χ4n) is 3.41. The molecule has 0 bridgehead atoms. The number of nitrogens with zero attached hydrogens (tertiary/aromatic N) is 5. The van der Waals surface area contributed by atoms with Gasteiger partial charge in [0.2, 0.25) is 5.95 Å². The van der Waals surface area contributed by atoms with Crippen molar-refractivity contribution in [3.63, 3.8) is 0 Å². The first-order chi connectivity index (χ1) is 13.2. The predicted molar refractivity (Wildman–Crippen MR) is 99.8 cm³/mol. The second kappa shape index (κ2) is 5.87. The molecule has 0 aliphatic carbocycles. The first kappa shape index (κ1) is 15.4. The van der Waals surface area contributed by atoms with Gasteiger partial charge in [0.1, 0.15) is 11.7 Å². The lowest BCUT2D eigenvalue weighted by Crippen LogP contribution is -2.29. The molecule has 27 heavy (non-hydrogen) atoms. The zero-order valence-electron chi connectivity index (χ0n) is 14.4. The average molecular weight is 357 g/mol. The monoisotopic (exact) mass is 357 g/mol. The van der Waals surface area contributed by atoms with Crippen molar-refractivity contribution in [1.82, 2.24) is 30.4 Å². The van der Waals surface area contributed by atoms with E-state index >= 15 is 0 Å². The highest BCUT2D eigenvalue weighted by Gasteiger charge is 2.34. The Morgan fingerprint density at radius 2 is 1.81 bits per heavy atom. The first-order valence-corrected chi connectivity index (χ1v) is 8.52. The van der Waals surface area contributed by atoms with Gasteiger partial charge in [0.25, 0.3) is 5.56 Å². The van der Waals surface area contributed by atoms with Gasteiger partial charge in [-0.15, -0.1) is 0 Å². The minimum Gasteiger partial charge on any atom is -0.318 e. The van der Waals surface area contributed by atoms with Gasteiger partial charge in [-0.3, -0.25) is 4.79 Å². The standard InChI is InChI=1S/C19H15N7O/c1-11-7-9-12(10-8-11)15-14-16(18(27)22-21-15)20-19-23-24-25-26(19)17(14)13-5-3-2-4-6-13/h2-10,17H,1H3,(H,22,27)(H,20,23,25)/t17-/m1/s1. The minimum atomic E-state index is -0.362. The summed E-state index contributed by atoms with van der Waals surface area (Å²) in [4.78, 5) is 12.6. The van der Waals surface area contributed by atoms with E-state index in [9.17, 15) is 4.79 Å². The van der Waals surface area contributed by atoms with Crippen molar-refractivity contribution in [3.05, 3.63) is 81.6 Å². The van der Waals surface area contributed by atoms with E-state index in [0.29, 0.717) is 17.3 Å². The van der Waals surface area contributed by atoms with Gasteiger partial charge in [-0.2, -0.15) is 9.78 Å². The Labute approximate surface area is 153 Å². The molecular weight excluding hydrogens is 342 g/mol. The highest BCUT2D eigenvalue weighted by atomic mass is 16.1. The van der Waals surface area contributed by atoms with Crippen LogP contribution in [-0.4, -0.2) is 30.4 Å². The molecule has 4 aromatic rings. The molecule has 0 saturated carbocycles. The van der Waals surface area contributed by atoms with Crippen molar-refractivity contribution < 1.29 is 0 Å². The van der Waals surface area contributed by atoms with Gasteiger partial charge in [-0.25, -0.2) is 5.10 Å². The van der Waals surface area contributed by atoms with Gasteiger partial charge < -0.3 is 5.32 Å². The van der Waals surface area contributed by atoms with E-state index in [4.69, 9.17) is 0 Å². The van der Waals surface area contributed by atoms with Crippen LogP contribution in [0.4, 0.5) is 11.6 Å². The van der Waals surface area contributed by atoms with Crippen LogP contribution in [-0.2, 0) is 0 Å². The first-order valence-electron chi connectivity index (χ1n) is 8.52. The van der Waals surface area contributed by atoms with E-state index in [1.54, 1.807) is 4.68 Å². The summed E-state index contributed by atoms with van der Waals surface area (Å²) in [5, 5.41) is 21.9. The van der Waals surface area contributed by atoms with Crippen LogP contribution >= 0.6 is 0 Å². The van der Waals surface area contributed by atoms with Crippen molar-refractivity contribution in [2.45, 2.75) is 13.0 Å². The Hall–Kier alpha value is -3.81. The summed E-state index contributed by atoms with van der Waals surface area (Å²) in [5.41, 5.74) is 4.56. The third-order valence-electron chi connectivity index (χ3n) is 4.71. The van der Waals surface area contributed by atoms with Gasteiger partial charge >= 0.3 is 0 Å². The number of aryl methyl sites for hydroxylation is 1. The van der Waals surface area contributed by atoms with Crippen LogP contribution in [0.3, 0.4) is 0 Å². The maximum atomic E-state index is 12.6. The molecule has 2 aromatic carbocycles. The van der Waals surface area contributed by atoms with E-state index in [1.807, 2.05) is 61.5 Å². The molecule has 0 spiro atoms. The number of hydrogen-bond donors (Lipinski definition) is 2. The summed E-state index contributed by atoms with van der Waals surface area (Å²) in [6.45, 7) is 2.03. The van der Waals surface area contributed by atoms with Crippen LogP contribution in [0.25, 0.3) is 11.3 Å². The Kier molecular flexibility index (Phi) is 3.36. The number of rotatable bonds is 2. The second-order valence-corrected chi connectivity index (χ2v) is 6.44. The molecule has 2 aromatic heterocycles. The summed E-state index contributed by atoms with van der Waals surface area (Å²) in [6, 6.07) is 17.5. The van der Waals surface area contributed by atoms with Crippen LogP contribution in [0.1, 0.15) is 22.7 Å². The van der Waals surface area contributed by atoms with Crippen molar-refractivity contribution >= 4 is 11.6 Å². The Morgan fingerprint density at radius 1 is 1.04 bits per heavy atom. The van der Waals surface area contributed by atoms with Crippen LogP contribution in [0.5, 0.6) is 0 Å². The van der Waals surface area contributed by atoms with Crippen LogP contribution < -0.4 is 10.9 Å². The summed E-state index contributed by atoms with van der Waals surface area (Å²) in [5.74, 6) is 0.419. The lowest BCUT2D eigenvalue weighted by Gasteiger charge is -2.27. The molecular formula is C19H15N7O. The maximum Gasteiger partial charge on any atom is 0.288 e. The van der Waals surface area contributed by atoms with E-state index in [0.717, 1.165) is 22.3 Å². The average Bonchev–Trinajstić information content (AvgIpc) is 3.17. The SMILES string of the molecule is Cc1ccc(-c2n[nH]c(=O)c3c2[C@@H](c2ccccc2)n2nnnc2N3)cc1. The number of tetrazole rings is 1. The summed E-state index contributed by atoms with van der Waals surface area (Å²) >= 11 is 0. The van der Waals surface area contributed by atoms with Crippen LogP contribution in [0, 0.1) is 6.92 Å². The van der Waals surface area contributed by atoms with Gasteiger partial charge in [0.05, 0.1) is 5.69 Å². The van der Waals surface area contributed by atoms with E-state index in [1.165, 1.54) is 0 Å². The number of aromatic nitrogens is 6. The number of anilines is 2. The molecule has 1 aliphatic rings. The van der Waals surface area contributed by atoms with E-state index < -0.39 is 0 Å². The quantitative estimate of drug-likeness (QED) is 0.503. The van der Waals surface area contributed by atoms with Crippen molar-refractivity contribution in [1.29, 1.82) is 0 Å². The molecule has 2 N–H and O–H groups in total. The smallest absolute Gasteiger partial charge is 0.288 e. The summed E-state index contributed by atoms with van der Waals surface area (Å²) < 4.78 is 1.68.